The van der Waals surface area contributed by atoms with Gasteiger partial charge in [0, 0.05) is 24.4 Å². The van der Waals surface area contributed by atoms with Crippen molar-refractivity contribution in [2.45, 2.75) is 64.2 Å². The van der Waals surface area contributed by atoms with Crippen LogP contribution in [0.1, 0.15) is 51.9 Å². The molecule has 1 fully saturated rings. The number of halogens is 6. The summed E-state index contributed by atoms with van der Waals surface area (Å²) in [5, 5.41) is 30.5. The van der Waals surface area contributed by atoms with Crippen LogP contribution in [0, 0.1) is 22.6 Å². The second kappa shape index (κ2) is 12.4. The van der Waals surface area contributed by atoms with Crippen molar-refractivity contribution < 1.29 is 37.4 Å². The zero-order valence-electron chi connectivity index (χ0n) is 19.6. The normalized spacial score (nSPS) is 22.9. The van der Waals surface area contributed by atoms with E-state index in [4.69, 9.17) is 21.5 Å². The van der Waals surface area contributed by atoms with Crippen LogP contribution in [0.15, 0.2) is 35.1 Å². The summed E-state index contributed by atoms with van der Waals surface area (Å²) in [6, 6.07) is 4.83. The van der Waals surface area contributed by atoms with E-state index in [1.54, 1.807) is 6.07 Å². The molecule has 0 unspecified atom stereocenters. The van der Waals surface area contributed by atoms with Crippen LogP contribution in [0.25, 0.3) is 0 Å². The number of carbonyl (C=O) groups is 2. The molecule has 0 bridgehead atoms. The second-order valence-electron chi connectivity index (χ2n) is 9.43. The fraction of sp³-hybridized carbons (Fsp3) is 0.458. The van der Waals surface area contributed by atoms with Gasteiger partial charge in [-0.1, -0.05) is 51.9 Å². The van der Waals surface area contributed by atoms with E-state index in [0.29, 0.717) is 10.9 Å². The largest absolute Gasteiger partial charge is 0.490 e. The minimum Gasteiger partial charge on any atom is -0.480 e. The first-order chi connectivity index (χ1) is 17.0. The average Bonchev–Trinajstić information content (AvgIpc) is 3.09. The Morgan fingerprint density at radius 1 is 1.21 bits per heavy atom. The van der Waals surface area contributed by atoms with Crippen LogP contribution >= 0.6 is 27.5 Å². The number of aliphatic carboxylic acids is 2. The van der Waals surface area contributed by atoms with Crippen LogP contribution in [0.4, 0.5) is 17.6 Å². The fourth-order valence-corrected chi connectivity index (χ4v) is 4.56. The Morgan fingerprint density at radius 3 is 2.16 bits per heavy atom. The van der Waals surface area contributed by atoms with E-state index < -0.39 is 47.3 Å². The molecule has 0 aliphatic carbocycles. The van der Waals surface area contributed by atoms with Crippen LogP contribution in [0.5, 0.6) is 0 Å². The van der Waals surface area contributed by atoms with Crippen molar-refractivity contribution in [2.24, 2.45) is 5.41 Å². The number of nitrogens with one attached hydrogen (secondary N) is 1. The lowest BCUT2D eigenvalue weighted by Gasteiger charge is -2.35. The summed E-state index contributed by atoms with van der Waals surface area (Å²) >= 11 is 9.28. The van der Waals surface area contributed by atoms with Crippen molar-refractivity contribution in [3.05, 3.63) is 57.3 Å². The Labute approximate surface area is 230 Å². The number of alkyl halides is 3. The summed E-state index contributed by atoms with van der Waals surface area (Å²) in [4.78, 5) is 29.8. The summed E-state index contributed by atoms with van der Waals surface area (Å²) in [5.41, 5.74) is -1.73. The lowest BCUT2D eigenvalue weighted by molar-refractivity contribution is -0.192. The highest BCUT2D eigenvalue weighted by atomic mass is 79.9. The predicted molar refractivity (Wildman–Crippen MR) is 134 cm³/mol. The van der Waals surface area contributed by atoms with E-state index in [0.717, 1.165) is 0 Å². The lowest BCUT2D eigenvalue weighted by Crippen LogP contribution is -2.45. The Hall–Kier alpha value is -2.82. The van der Waals surface area contributed by atoms with E-state index in [1.807, 2.05) is 20.8 Å². The third-order valence-corrected chi connectivity index (χ3v) is 6.27. The zero-order valence-corrected chi connectivity index (χ0v) is 22.0. The van der Waals surface area contributed by atoms with Gasteiger partial charge in [0.25, 0.3) is 0 Å². The van der Waals surface area contributed by atoms with Gasteiger partial charge in [0.2, 0.25) is 0 Å². The van der Waals surface area contributed by atoms with Crippen molar-refractivity contribution in [3.8, 4) is 6.07 Å². The number of hydrogen-bond donors (Lipinski definition) is 3. The smallest absolute Gasteiger partial charge is 0.480 e. The molecule has 2 heterocycles. The number of benzene rings is 1. The topological polar surface area (TPSA) is 136 Å². The fourth-order valence-electron chi connectivity index (χ4n) is 4.17. The Morgan fingerprint density at radius 2 is 1.74 bits per heavy atom. The van der Waals surface area contributed by atoms with Gasteiger partial charge in [0.05, 0.1) is 15.6 Å². The molecule has 1 aromatic carbocycles. The van der Waals surface area contributed by atoms with E-state index in [9.17, 15) is 28.3 Å². The third-order valence-electron chi connectivity index (χ3n) is 5.57. The van der Waals surface area contributed by atoms with Gasteiger partial charge in [-0.25, -0.2) is 19.2 Å². The maximum Gasteiger partial charge on any atom is 0.490 e. The highest BCUT2D eigenvalue weighted by Gasteiger charge is 2.62. The predicted octanol–water partition coefficient (Wildman–Crippen LogP) is 5.71. The third kappa shape index (κ3) is 7.18. The minimum atomic E-state index is -5.08. The summed E-state index contributed by atoms with van der Waals surface area (Å²) in [7, 11) is 0. The van der Waals surface area contributed by atoms with Gasteiger partial charge in [0.1, 0.15) is 17.3 Å². The number of carboxylic acid groups (broad SMARTS) is 2. The van der Waals surface area contributed by atoms with Gasteiger partial charge in [0.15, 0.2) is 5.82 Å². The Bertz CT molecular complexity index is 1200. The molecular formula is C24H26BrClF4N4O4. The minimum absolute atomic E-state index is 0. The molecule has 0 saturated carbocycles. The van der Waals surface area contributed by atoms with E-state index >= 15 is 4.39 Å². The summed E-state index contributed by atoms with van der Waals surface area (Å²) in [6.45, 7) is 5.97. The monoisotopic (exact) mass is 624 g/mol. The molecule has 1 aliphatic rings. The van der Waals surface area contributed by atoms with Gasteiger partial charge in [-0.05, 0) is 39.4 Å². The van der Waals surface area contributed by atoms with E-state index in [2.05, 4.69) is 37.3 Å². The zero-order chi connectivity index (χ0) is 28.3. The molecule has 0 spiro atoms. The van der Waals surface area contributed by atoms with Gasteiger partial charge >= 0.3 is 18.1 Å². The van der Waals surface area contributed by atoms with Crippen molar-refractivity contribution in [3.63, 3.8) is 0 Å². The second-order valence-corrected chi connectivity index (χ2v) is 10.8. The molecule has 1 aliphatic heterocycles. The number of carboxylic acids is 2. The number of rotatable bonds is 4. The van der Waals surface area contributed by atoms with E-state index in [1.165, 1.54) is 24.5 Å². The molecule has 8 nitrogen and oxygen atoms in total. The molecule has 3 N–H and O–H groups in total. The van der Waals surface area contributed by atoms with Crippen molar-refractivity contribution in [1.29, 1.82) is 5.26 Å². The van der Waals surface area contributed by atoms with Crippen molar-refractivity contribution in [1.82, 2.24) is 15.3 Å². The van der Waals surface area contributed by atoms with Gasteiger partial charge in [-0.2, -0.15) is 18.4 Å². The molecule has 4 atom stereocenters. The molecule has 14 heteroatoms. The summed E-state index contributed by atoms with van der Waals surface area (Å²) in [5.74, 6) is -5.64. The summed E-state index contributed by atoms with van der Waals surface area (Å²) in [6.07, 6.45) is -1.65. The quantitative estimate of drug-likeness (QED) is 0.368. The first kappa shape index (κ1) is 33.2. The highest BCUT2D eigenvalue weighted by Crippen LogP contribution is 2.51. The molecule has 3 rings (SSSR count). The van der Waals surface area contributed by atoms with Crippen LogP contribution in [0.2, 0.25) is 5.02 Å². The summed E-state index contributed by atoms with van der Waals surface area (Å²) < 4.78 is 47.4. The highest BCUT2D eigenvalue weighted by molar-refractivity contribution is 9.10. The maximum atomic E-state index is 15.1. The van der Waals surface area contributed by atoms with Crippen molar-refractivity contribution >= 4 is 39.5 Å². The van der Waals surface area contributed by atoms with Crippen LogP contribution in [-0.2, 0) is 15.0 Å². The van der Waals surface area contributed by atoms with Gasteiger partial charge < -0.3 is 10.2 Å². The van der Waals surface area contributed by atoms with Gasteiger partial charge in [-0.3, -0.25) is 10.1 Å². The first-order valence-electron chi connectivity index (χ1n) is 10.6. The molecular weight excluding hydrogens is 600 g/mol. The van der Waals surface area contributed by atoms with Crippen LogP contribution in [-0.4, -0.2) is 50.4 Å². The first-order valence-corrected chi connectivity index (χ1v) is 11.7. The maximum absolute atomic E-state index is 15.1. The SMILES string of the molecule is C.CC(C)(C)C[C@@H]1N[C@@H](C(=O)O)[C@H](c2cccc(Cl)c2F)[C@@]1(C#N)c1ncc(Br)cn1.O=C(O)C(F)(F)F. The number of nitrogens with zero attached hydrogens (tertiary/aromatic N) is 3. The molecule has 38 heavy (non-hydrogen) atoms. The number of nitriles is 1. The number of hydrogen-bond acceptors (Lipinski definition) is 6. The van der Waals surface area contributed by atoms with Gasteiger partial charge in [-0.15, -0.1) is 0 Å². The molecule has 0 radical (unpaired) electrons. The van der Waals surface area contributed by atoms with Crippen molar-refractivity contribution in [2.75, 3.05) is 0 Å². The van der Waals surface area contributed by atoms with Crippen LogP contribution in [0.3, 0.4) is 0 Å². The van der Waals surface area contributed by atoms with E-state index in [-0.39, 0.29) is 29.3 Å². The number of aromatic nitrogens is 2. The molecule has 208 valence electrons. The van der Waals surface area contributed by atoms with Crippen LogP contribution < -0.4 is 5.32 Å². The molecule has 1 saturated heterocycles. The average molecular weight is 626 g/mol. The standard InChI is InChI=1S/C21H21BrClFN4O2.C2HF3O2.CH4/c1-20(2,3)7-14-21(10-25,19-26-8-11(22)9-27-19)15(17(28-14)18(29)30)12-5-4-6-13(23)16(12)24;3-2(4,5)1(6)7;/h4-6,8-9,14-15,17,28H,7H2,1-3H3,(H,29,30);(H,6,7);1H4/t14-,15-,17+,21-;;/m0../s1. The molecule has 2 aromatic rings. The molecule has 0 amide bonds. The lowest BCUT2D eigenvalue weighted by atomic mass is 9.65. The Kier molecular flexibility index (Phi) is 10.8. The molecule has 1 aromatic heterocycles. The Balaban J connectivity index is 0.000000797.